The van der Waals surface area contributed by atoms with Crippen molar-refractivity contribution in [3.05, 3.63) is 29.8 Å². The first kappa shape index (κ1) is 17.8. The lowest BCUT2D eigenvalue weighted by Gasteiger charge is -2.42. The average molecular weight is 320 g/mol. The van der Waals surface area contributed by atoms with Gasteiger partial charge in [-0.25, -0.2) is 4.79 Å². The summed E-state index contributed by atoms with van der Waals surface area (Å²) in [6, 6.07) is 8.16. The van der Waals surface area contributed by atoms with Gasteiger partial charge in [-0.05, 0) is 36.5 Å². The van der Waals surface area contributed by atoms with Crippen molar-refractivity contribution in [2.75, 3.05) is 26.3 Å². The fourth-order valence-corrected chi connectivity index (χ4v) is 2.91. The maximum Gasteiger partial charge on any atom is 0.344 e. The van der Waals surface area contributed by atoms with Gasteiger partial charge in [-0.3, -0.25) is 4.90 Å². The Hall–Kier alpha value is -1.59. The summed E-state index contributed by atoms with van der Waals surface area (Å²) >= 11 is 0. The van der Waals surface area contributed by atoms with E-state index >= 15 is 0 Å². The minimum atomic E-state index is -0.344. The third-order valence-corrected chi connectivity index (χ3v) is 4.38. The van der Waals surface area contributed by atoms with Crippen LogP contribution in [-0.4, -0.2) is 43.2 Å². The van der Waals surface area contributed by atoms with Crippen molar-refractivity contribution in [3.8, 4) is 5.75 Å². The number of rotatable bonds is 6. The Morgan fingerprint density at radius 3 is 2.65 bits per heavy atom. The van der Waals surface area contributed by atoms with Crippen LogP contribution in [0.2, 0.25) is 0 Å². The quantitative estimate of drug-likeness (QED) is 0.814. The number of likely N-dealkylation sites (tertiary alicyclic amines) is 1. The molecule has 1 aliphatic rings. The van der Waals surface area contributed by atoms with E-state index in [1.165, 1.54) is 5.56 Å². The minimum Gasteiger partial charge on any atom is -0.482 e. The standard InChI is InChI=1S/C18H28N2O3/c1-4-22-17(21)12-23-15-7-5-14(6-8-15)11-20-10-9-16(19)18(2,3)13-20/h5-8,16H,4,9-13,19H2,1-3H3. The molecule has 1 fully saturated rings. The van der Waals surface area contributed by atoms with Crippen molar-refractivity contribution >= 4 is 5.97 Å². The minimum absolute atomic E-state index is 0.0502. The number of hydrogen-bond acceptors (Lipinski definition) is 5. The number of nitrogens with two attached hydrogens (primary N) is 1. The summed E-state index contributed by atoms with van der Waals surface area (Å²) in [6.07, 6.45) is 1.04. The Balaban J connectivity index is 1.84. The molecule has 1 aliphatic heterocycles. The summed E-state index contributed by atoms with van der Waals surface area (Å²) in [5.41, 5.74) is 7.58. The molecule has 5 heteroatoms. The summed E-state index contributed by atoms with van der Waals surface area (Å²) < 4.78 is 10.2. The number of benzene rings is 1. The van der Waals surface area contributed by atoms with Crippen molar-refractivity contribution in [1.29, 1.82) is 0 Å². The van der Waals surface area contributed by atoms with E-state index in [1.807, 2.05) is 24.3 Å². The molecule has 128 valence electrons. The van der Waals surface area contributed by atoms with Gasteiger partial charge in [0, 0.05) is 25.7 Å². The molecule has 0 radical (unpaired) electrons. The van der Waals surface area contributed by atoms with Gasteiger partial charge in [0.05, 0.1) is 6.61 Å². The topological polar surface area (TPSA) is 64.8 Å². The molecular formula is C18H28N2O3. The Morgan fingerprint density at radius 2 is 2.04 bits per heavy atom. The molecule has 2 N–H and O–H groups in total. The average Bonchev–Trinajstić information content (AvgIpc) is 2.50. The largest absolute Gasteiger partial charge is 0.482 e. The number of hydrogen-bond donors (Lipinski definition) is 1. The zero-order chi connectivity index (χ0) is 16.9. The molecule has 0 bridgehead atoms. The van der Waals surface area contributed by atoms with Gasteiger partial charge < -0.3 is 15.2 Å². The van der Waals surface area contributed by atoms with E-state index in [2.05, 4.69) is 18.7 Å². The van der Waals surface area contributed by atoms with Crippen LogP contribution in [0.3, 0.4) is 0 Å². The molecule has 0 amide bonds. The molecule has 5 nitrogen and oxygen atoms in total. The SMILES string of the molecule is CCOC(=O)COc1ccc(CN2CCC(N)C(C)(C)C2)cc1. The van der Waals surface area contributed by atoms with Gasteiger partial charge in [0.1, 0.15) is 5.75 Å². The van der Waals surface area contributed by atoms with Gasteiger partial charge in [-0.2, -0.15) is 0 Å². The second-order valence-corrected chi connectivity index (χ2v) is 6.83. The number of carbonyl (C=O) groups excluding carboxylic acids is 1. The third-order valence-electron chi connectivity index (χ3n) is 4.38. The highest BCUT2D eigenvalue weighted by Crippen LogP contribution is 2.28. The molecular weight excluding hydrogens is 292 g/mol. The Kier molecular flexibility index (Phi) is 6.02. The number of esters is 1. The predicted octanol–water partition coefficient (Wildman–Crippen LogP) is 2.19. The van der Waals surface area contributed by atoms with Crippen LogP contribution in [0.15, 0.2) is 24.3 Å². The molecule has 1 atom stereocenters. The van der Waals surface area contributed by atoms with E-state index in [1.54, 1.807) is 6.92 Å². The first-order chi connectivity index (χ1) is 10.9. The van der Waals surface area contributed by atoms with Crippen LogP contribution in [0.25, 0.3) is 0 Å². The van der Waals surface area contributed by atoms with Crippen molar-refractivity contribution in [2.45, 2.75) is 39.8 Å². The highest BCUT2D eigenvalue weighted by atomic mass is 16.6. The molecule has 1 heterocycles. The number of carbonyl (C=O) groups is 1. The van der Waals surface area contributed by atoms with Crippen LogP contribution >= 0.6 is 0 Å². The van der Waals surface area contributed by atoms with Gasteiger partial charge in [-0.15, -0.1) is 0 Å². The van der Waals surface area contributed by atoms with Gasteiger partial charge in [0.15, 0.2) is 6.61 Å². The molecule has 1 aromatic rings. The summed E-state index contributed by atoms with van der Waals surface area (Å²) in [5, 5.41) is 0. The van der Waals surface area contributed by atoms with Crippen LogP contribution in [0.4, 0.5) is 0 Å². The normalized spacial score (nSPS) is 21.0. The van der Waals surface area contributed by atoms with Crippen molar-refractivity contribution < 1.29 is 14.3 Å². The van der Waals surface area contributed by atoms with Gasteiger partial charge >= 0.3 is 5.97 Å². The first-order valence-corrected chi connectivity index (χ1v) is 8.26. The lowest BCUT2D eigenvalue weighted by Crippen LogP contribution is -2.52. The summed E-state index contributed by atoms with van der Waals surface area (Å²) in [5.74, 6) is 0.339. The predicted molar refractivity (Wildman–Crippen MR) is 90.2 cm³/mol. The molecule has 2 rings (SSSR count). The highest BCUT2D eigenvalue weighted by molar-refractivity contribution is 5.71. The van der Waals surface area contributed by atoms with Crippen molar-refractivity contribution in [2.24, 2.45) is 11.1 Å². The first-order valence-electron chi connectivity index (χ1n) is 8.26. The summed E-state index contributed by atoms with van der Waals surface area (Å²) in [6.45, 7) is 9.52. The summed E-state index contributed by atoms with van der Waals surface area (Å²) in [7, 11) is 0. The van der Waals surface area contributed by atoms with E-state index in [4.69, 9.17) is 15.2 Å². The second-order valence-electron chi connectivity index (χ2n) is 6.83. The highest BCUT2D eigenvalue weighted by Gasteiger charge is 2.33. The van der Waals surface area contributed by atoms with Crippen molar-refractivity contribution in [1.82, 2.24) is 4.90 Å². The molecule has 0 aromatic heterocycles. The second kappa shape index (κ2) is 7.79. The van der Waals surface area contributed by atoms with E-state index in [0.717, 1.165) is 26.1 Å². The lowest BCUT2D eigenvalue weighted by molar-refractivity contribution is -0.145. The van der Waals surface area contributed by atoms with Crippen LogP contribution in [0.5, 0.6) is 5.75 Å². The smallest absolute Gasteiger partial charge is 0.344 e. The van der Waals surface area contributed by atoms with Gasteiger partial charge in [0.25, 0.3) is 0 Å². The molecule has 0 spiro atoms. The fraction of sp³-hybridized carbons (Fsp3) is 0.611. The molecule has 0 saturated carbocycles. The number of piperidine rings is 1. The monoisotopic (exact) mass is 320 g/mol. The lowest BCUT2D eigenvalue weighted by atomic mass is 9.79. The van der Waals surface area contributed by atoms with E-state index in [0.29, 0.717) is 12.4 Å². The fourth-order valence-electron chi connectivity index (χ4n) is 2.91. The Bertz CT molecular complexity index is 514. The zero-order valence-corrected chi connectivity index (χ0v) is 14.4. The molecule has 23 heavy (non-hydrogen) atoms. The molecule has 1 aromatic carbocycles. The molecule has 0 aliphatic carbocycles. The maximum atomic E-state index is 11.3. The molecule has 1 unspecified atom stereocenters. The Morgan fingerprint density at radius 1 is 1.35 bits per heavy atom. The van der Waals surface area contributed by atoms with Crippen LogP contribution in [-0.2, 0) is 16.1 Å². The van der Waals surface area contributed by atoms with E-state index in [9.17, 15) is 4.79 Å². The number of nitrogens with zero attached hydrogens (tertiary/aromatic N) is 1. The van der Waals surface area contributed by atoms with Gasteiger partial charge in [0.2, 0.25) is 0 Å². The zero-order valence-electron chi connectivity index (χ0n) is 14.4. The van der Waals surface area contributed by atoms with E-state index in [-0.39, 0.29) is 24.0 Å². The third kappa shape index (κ3) is 5.22. The van der Waals surface area contributed by atoms with Gasteiger partial charge in [-0.1, -0.05) is 26.0 Å². The molecule has 1 saturated heterocycles. The van der Waals surface area contributed by atoms with E-state index < -0.39 is 0 Å². The van der Waals surface area contributed by atoms with Crippen LogP contribution in [0, 0.1) is 5.41 Å². The van der Waals surface area contributed by atoms with Crippen LogP contribution < -0.4 is 10.5 Å². The van der Waals surface area contributed by atoms with Crippen LogP contribution in [0.1, 0.15) is 32.8 Å². The number of ether oxygens (including phenoxy) is 2. The Labute approximate surface area is 138 Å². The summed E-state index contributed by atoms with van der Waals surface area (Å²) in [4.78, 5) is 13.7. The maximum absolute atomic E-state index is 11.3. The van der Waals surface area contributed by atoms with Crippen molar-refractivity contribution in [3.63, 3.8) is 0 Å².